The fourth-order valence-corrected chi connectivity index (χ4v) is 5.87. The summed E-state index contributed by atoms with van der Waals surface area (Å²) in [6.45, 7) is 1.74. The number of nitrogens with zero attached hydrogens (tertiary/aromatic N) is 1. The fourth-order valence-electron chi connectivity index (χ4n) is 3.80. The quantitative estimate of drug-likeness (QED) is 0.648. The van der Waals surface area contributed by atoms with E-state index < -0.39 is 33.1 Å². The van der Waals surface area contributed by atoms with E-state index in [9.17, 15) is 18.0 Å². The molecule has 0 bridgehead atoms. The third kappa shape index (κ3) is 4.05. The zero-order valence-electron chi connectivity index (χ0n) is 16.4. The highest BCUT2D eigenvalue weighted by Gasteiger charge is 2.54. The molecule has 1 fully saturated rings. The number of carbonyl (C=O) groups is 2. The molecule has 7 heteroatoms. The summed E-state index contributed by atoms with van der Waals surface area (Å²) in [6.07, 6.45) is 1.65. The molecule has 1 aliphatic rings. The second kappa shape index (κ2) is 8.78. The monoisotopic (exact) mass is 415 g/mol. The first-order valence-corrected chi connectivity index (χ1v) is 11.2. The Morgan fingerprint density at radius 1 is 0.966 bits per heavy atom. The van der Waals surface area contributed by atoms with Crippen molar-refractivity contribution in [3.8, 4) is 0 Å². The Morgan fingerprint density at radius 3 is 2.07 bits per heavy atom. The first-order chi connectivity index (χ1) is 13.9. The van der Waals surface area contributed by atoms with Crippen molar-refractivity contribution in [1.82, 2.24) is 0 Å². The van der Waals surface area contributed by atoms with Gasteiger partial charge in [-0.25, -0.2) is 8.42 Å². The van der Waals surface area contributed by atoms with Gasteiger partial charge in [-0.1, -0.05) is 49.2 Å². The summed E-state index contributed by atoms with van der Waals surface area (Å²) in [5.74, 6) is -1.23. The van der Waals surface area contributed by atoms with Crippen LogP contribution in [0.3, 0.4) is 0 Å². The number of likely N-dealkylation sites (N-methyl/N-ethyl adjacent to an activating group) is 1. The van der Waals surface area contributed by atoms with Gasteiger partial charge in [-0.3, -0.25) is 9.59 Å². The van der Waals surface area contributed by atoms with Crippen molar-refractivity contribution in [1.29, 1.82) is 0 Å². The van der Waals surface area contributed by atoms with Gasteiger partial charge in [0.25, 0.3) is 5.91 Å². The predicted octanol–water partition coefficient (Wildman–Crippen LogP) is 3.37. The summed E-state index contributed by atoms with van der Waals surface area (Å²) in [6, 6.07) is 17.0. The number of amides is 1. The Hall–Kier alpha value is -2.67. The molecule has 1 aliphatic carbocycles. The van der Waals surface area contributed by atoms with Crippen molar-refractivity contribution in [2.45, 2.75) is 42.2 Å². The van der Waals surface area contributed by atoms with Crippen LogP contribution >= 0.6 is 0 Å². The van der Waals surface area contributed by atoms with Crippen molar-refractivity contribution in [2.75, 3.05) is 18.1 Å². The molecule has 0 N–H and O–H groups in total. The smallest absolute Gasteiger partial charge is 0.328 e. The average Bonchev–Trinajstić information content (AvgIpc) is 3.26. The van der Waals surface area contributed by atoms with Crippen LogP contribution in [-0.4, -0.2) is 38.2 Å². The molecule has 3 rings (SSSR count). The normalized spacial score (nSPS) is 15.6. The zero-order valence-corrected chi connectivity index (χ0v) is 17.2. The number of rotatable bonds is 7. The Labute approximate surface area is 171 Å². The van der Waals surface area contributed by atoms with Gasteiger partial charge >= 0.3 is 5.97 Å². The summed E-state index contributed by atoms with van der Waals surface area (Å²) in [7, 11) is -3.92. The SMILES string of the molecule is CCN(C(=O)COC(=O)C1(S(=O)(=O)c2ccccc2)CCCC1)c1ccccc1. The minimum Gasteiger partial charge on any atom is -0.454 e. The molecule has 6 nitrogen and oxygen atoms in total. The van der Waals surface area contributed by atoms with E-state index in [0.29, 0.717) is 25.1 Å². The minimum atomic E-state index is -3.92. The summed E-state index contributed by atoms with van der Waals surface area (Å²) < 4.78 is 30.2. The highest BCUT2D eigenvalue weighted by Crippen LogP contribution is 2.41. The molecule has 0 heterocycles. The molecule has 154 valence electrons. The first kappa shape index (κ1) is 21.0. The van der Waals surface area contributed by atoms with Crippen LogP contribution in [-0.2, 0) is 24.2 Å². The molecule has 2 aromatic rings. The highest BCUT2D eigenvalue weighted by atomic mass is 32.2. The van der Waals surface area contributed by atoms with Gasteiger partial charge in [-0.05, 0) is 44.0 Å². The molecule has 0 spiro atoms. The predicted molar refractivity (Wildman–Crippen MR) is 110 cm³/mol. The van der Waals surface area contributed by atoms with E-state index >= 15 is 0 Å². The van der Waals surface area contributed by atoms with Crippen LogP contribution in [0.5, 0.6) is 0 Å². The number of para-hydroxylation sites is 1. The van der Waals surface area contributed by atoms with Crippen LogP contribution in [0.1, 0.15) is 32.6 Å². The number of benzene rings is 2. The molecular weight excluding hydrogens is 390 g/mol. The van der Waals surface area contributed by atoms with Gasteiger partial charge < -0.3 is 9.64 Å². The van der Waals surface area contributed by atoms with Crippen LogP contribution in [0.2, 0.25) is 0 Å². The summed E-state index contributed by atoms with van der Waals surface area (Å²) in [4.78, 5) is 27.2. The molecule has 0 atom stereocenters. The Balaban J connectivity index is 1.78. The molecule has 29 heavy (non-hydrogen) atoms. The molecular formula is C22H25NO5S. The average molecular weight is 416 g/mol. The molecule has 0 saturated heterocycles. The zero-order chi connectivity index (χ0) is 20.9. The van der Waals surface area contributed by atoms with Gasteiger partial charge in [-0.2, -0.15) is 0 Å². The Kier molecular flexibility index (Phi) is 6.37. The molecule has 0 aliphatic heterocycles. The maximum atomic E-state index is 13.3. The molecule has 2 aromatic carbocycles. The lowest BCUT2D eigenvalue weighted by Gasteiger charge is -2.27. The lowest BCUT2D eigenvalue weighted by atomic mass is 10.1. The van der Waals surface area contributed by atoms with E-state index in [1.807, 2.05) is 25.1 Å². The lowest BCUT2D eigenvalue weighted by molar-refractivity contribution is -0.150. The second-order valence-electron chi connectivity index (χ2n) is 7.07. The van der Waals surface area contributed by atoms with Crippen molar-refractivity contribution in [3.63, 3.8) is 0 Å². The number of ether oxygens (including phenoxy) is 1. The lowest BCUT2D eigenvalue weighted by Crippen LogP contribution is -2.46. The maximum Gasteiger partial charge on any atom is 0.328 e. The van der Waals surface area contributed by atoms with Crippen LogP contribution < -0.4 is 4.90 Å². The molecule has 1 saturated carbocycles. The van der Waals surface area contributed by atoms with Gasteiger partial charge in [0.05, 0.1) is 4.90 Å². The van der Waals surface area contributed by atoms with E-state index in [1.54, 1.807) is 30.3 Å². The van der Waals surface area contributed by atoms with Crippen LogP contribution in [0.25, 0.3) is 0 Å². The van der Waals surface area contributed by atoms with Gasteiger partial charge in [0.15, 0.2) is 21.2 Å². The Bertz CT molecular complexity index is 951. The molecule has 1 amide bonds. The fraction of sp³-hybridized carbons (Fsp3) is 0.364. The number of esters is 1. The van der Waals surface area contributed by atoms with Crippen molar-refractivity contribution >= 4 is 27.4 Å². The minimum absolute atomic E-state index is 0.102. The number of hydrogen-bond acceptors (Lipinski definition) is 5. The van der Waals surface area contributed by atoms with E-state index in [0.717, 1.165) is 0 Å². The maximum absolute atomic E-state index is 13.3. The van der Waals surface area contributed by atoms with Gasteiger partial charge in [0.2, 0.25) is 0 Å². The van der Waals surface area contributed by atoms with E-state index in [4.69, 9.17) is 4.74 Å². The molecule has 0 unspecified atom stereocenters. The number of anilines is 1. The van der Waals surface area contributed by atoms with Gasteiger partial charge in [0, 0.05) is 12.2 Å². The van der Waals surface area contributed by atoms with E-state index in [1.165, 1.54) is 17.0 Å². The van der Waals surface area contributed by atoms with Crippen molar-refractivity contribution in [3.05, 3.63) is 60.7 Å². The van der Waals surface area contributed by atoms with Crippen LogP contribution in [0, 0.1) is 0 Å². The topological polar surface area (TPSA) is 80.8 Å². The van der Waals surface area contributed by atoms with E-state index in [-0.39, 0.29) is 17.7 Å². The largest absolute Gasteiger partial charge is 0.454 e. The number of carbonyl (C=O) groups excluding carboxylic acids is 2. The summed E-state index contributed by atoms with van der Waals surface area (Å²) in [5, 5.41) is 0. The first-order valence-electron chi connectivity index (χ1n) is 9.75. The van der Waals surface area contributed by atoms with E-state index in [2.05, 4.69) is 0 Å². The number of hydrogen-bond donors (Lipinski definition) is 0. The standard InChI is InChI=1S/C22H25NO5S/c1-2-23(18-11-5-3-6-12-18)20(24)17-28-21(25)22(15-9-10-16-22)29(26,27)19-13-7-4-8-14-19/h3-8,11-14H,2,9-10,15-17H2,1H3. The summed E-state index contributed by atoms with van der Waals surface area (Å²) in [5.41, 5.74) is 0.698. The van der Waals surface area contributed by atoms with Crippen molar-refractivity contribution < 1.29 is 22.7 Å². The molecule has 0 radical (unpaired) electrons. The van der Waals surface area contributed by atoms with Gasteiger partial charge in [0.1, 0.15) is 0 Å². The molecule has 0 aromatic heterocycles. The Morgan fingerprint density at radius 2 is 1.52 bits per heavy atom. The third-order valence-electron chi connectivity index (χ3n) is 5.36. The highest BCUT2D eigenvalue weighted by molar-refractivity contribution is 7.93. The second-order valence-corrected chi connectivity index (χ2v) is 9.33. The van der Waals surface area contributed by atoms with Crippen LogP contribution in [0.4, 0.5) is 5.69 Å². The van der Waals surface area contributed by atoms with Crippen LogP contribution in [0.15, 0.2) is 65.6 Å². The number of sulfone groups is 1. The van der Waals surface area contributed by atoms with Crippen molar-refractivity contribution in [2.24, 2.45) is 0 Å². The summed E-state index contributed by atoms with van der Waals surface area (Å²) >= 11 is 0. The van der Waals surface area contributed by atoms with Gasteiger partial charge in [-0.15, -0.1) is 0 Å². The third-order valence-corrected chi connectivity index (χ3v) is 7.86.